The van der Waals surface area contributed by atoms with Crippen molar-refractivity contribution in [3.05, 3.63) is 29.3 Å². The normalized spacial score (nSPS) is 20.5. The fourth-order valence-electron chi connectivity index (χ4n) is 1.82. The van der Waals surface area contributed by atoms with Gasteiger partial charge in [-0.1, -0.05) is 6.92 Å². The van der Waals surface area contributed by atoms with Crippen molar-refractivity contribution in [2.75, 3.05) is 5.32 Å². The highest BCUT2D eigenvalue weighted by molar-refractivity contribution is 5.92. The van der Waals surface area contributed by atoms with E-state index in [4.69, 9.17) is 0 Å². The van der Waals surface area contributed by atoms with Crippen LogP contribution in [-0.4, -0.2) is 5.91 Å². The third-order valence-electron chi connectivity index (χ3n) is 2.69. The van der Waals surface area contributed by atoms with Crippen molar-refractivity contribution in [2.24, 2.45) is 0 Å². The third kappa shape index (κ3) is 1.84. The Kier molecular flexibility index (Phi) is 2.42. The topological polar surface area (TPSA) is 29.1 Å². The molecule has 0 radical (unpaired) electrons. The monoisotopic (exact) mass is 211 g/mol. The van der Waals surface area contributed by atoms with Gasteiger partial charge in [-0.15, -0.1) is 0 Å². The lowest BCUT2D eigenvalue weighted by molar-refractivity contribution is -0.116. The SMILES string of the molecule is C[C@H]1CCC(=O)Nc2c(F)cc(F)cc21. The molecule has 0 saturated carbocycles. The number of nitrogens with one attached hydrogen (secondary N) is 1. The van der Waals surface area contributed by atoms with E-state index in [1.54, 1.807) is 0 Å². The van der Waals surface area contributed by atoms with E-state index in [0.29, 0.717) is 18.4 Å². The lowest BCUT2D eigenvalue weighted by Crippen LogP contribution is -2.10. The second-order valence-corrected chi connectivity index (χ2v) is 3.84. The van der Waals surface area contributed by atoms with Crippen LogP contribution in [0.4, 0.5) is 14.5 Å². The van der Waals surface area contributed by atoms with Crippen LogP contribution in [0, 0.1) is 11.6 Å². The van der Waals surface area contributed by atoms with Gasteiger partial charge in [-0.25, -0.2) is 8.78 Å². The van der Waals surface area contributed by atoms with E-state index in [9.17, 15) is 13.6 Å². The number of anilines is 1. The first kappa shape index (κ1) is 10.1. The van der Waals surface area contributed by atoms with Crippen molar-refractivity contribution in [1.29, 1.82) is 0 Å². The molecule has 2 nitrogen and oxygen atoms in total. The maximum Gasteiger partial charge on any atom is 0.224 e. The van der Waals surface area contributed by atoms with Crippen LogP contribution in [-0.2, 0) is 4.79 Å². The highest BCUT2D eigenvalue weighted by atomic mass is 19.1. The van der Waals surface area contributed by atoms with Crippen molar-refractivity contribution >= 4 is 11.6 Å². The number of fused-ring (bicyclic) bond motifs is 1. The Balaban J connectivity index is 2.56. The zero-order chi connectivity index (χ0) is 11.0. The molecule has 1 heterocycles. The van der Waals surface area contributed by atoms with E-state index >= 15 is 0 Å². The summed E-state index contributed by atoms with van der Waals surface area (Å²) >= 11 is 0. The molecule has 1 N–H and O–H groups in total. The molecular weight excluding hydrogens is 200 g/mol. The van der Waals surface area contributed by atoms with Gasteiger partial charge in [0.1, 0.15) is 11.6 Å². The van der Waals surface area contributed by atoms with Crippen LogP contribution in [0.3, 0.4) is 0 Å². The minimum Gasteiger partial charge on any atom is -0.323 e. The van der Waals surface area contributed by atoms with E-state index in [2.05, 4.69) is 5.32 Å². The van der Waals surface area contributed by atoms with Crippen molar-refractivity contribution in [3.63, 3.8) is 0 Å². The molecule has 0 aromatic heterocycles. The molecule has 0 fully saturated rings. The molecule has 0 bridgehead atoms. The lowest BCUT2D eigenvalue weighted by Gasteiger charge is -2.12. The molecule has 1 aliphatic heterocycles. The van der Waals surface area contributed by atoms with Gasteiger partial charge >= 0.3 is 0 Å². The van der Waals surface area contributed by atoms with Crippen LogP contribution in [0.5, 0.6) is 0 Å². The molecule has 1 aliphatic rings. The van der Waals surface area contributed by atoms with Crippen LogP contribution in [0.2, 0.25) is 0 Å². The number of benzene rings is 1. The van der Waals surface area contributed by atoms with Gasteiger partial charge in [-0.05, 0) is 24.0 Å². The molecule has 1 atom stereocenters. The van der Waals surface area contributed by atoms with Crippen molar-refractivity contribution in [1.82, 2.24) is 0 Å². The Bertz CT molecular complexity index is 417. The molecular formula is C11H11F2NO. The van der Waals surface area contributed by atoms with E-state index < -0.39 is 11.6 Å². The van der Waals surface area contributed by atoms with Gasteiger partial charge in [-0.2, -0.15) is 0 Å². The number of carbonyl (C=O) groups excluding carboxylic acids is 1. The molecule has 1 aromatic carbocycles. The van der Waals surface area contributed by atoms with Crippen LogP contribution in [0.25, 0.3) is 0 Å². The molecule has 0 spiro atoms. The van der Waals surface area contributed by atoms with Gasteiger partial charge in [0.2, 0.25) is 5.91 Å². The summed E-state index contributed by atoms with van der Waals surface area (Å²) in [7, 11) is 0. The summed E-state index contributed by atoms with van der Waals surface area (Å²) in [6.45, 7) is 1.86. The van der Waals surface area contributed by atoms with Crippen LogP contribution in [0.15, 0.2) is 12.1 Å². The number of amides is 1. The van der Waals surface area contributed by atoms with Gasteiger partial charge in [0, 0.05) is 12.5 Å². The van der Waals surface area contributed by atoms with Crippen molar-refractivity contribution in [2.45, 2.75) is 25.7 Å². The fourth-order valence-corrected chi connectivity index (χ4v) is 1.82. The molecule has 0 aliphatic carbocycles. The molecule has 0 unspecified atom stereocenters. The zero-order valence-corrected chi connectivity index (χ0v) is 8.31. The Hall–Kier alpha value is -1.45. The summed E-state index contributed by atoms with van der Waals surface area (Å²) in [5.41, 5.74) is 0.671. The largest absolute Gasteiger partial charge is 0.323 e. The molecule has 0 saturated heterocycles. The number of rotatable bonds is 0. The van der Waals surface area contributed by atoms with Crippen LogP contribution >= 0.6 is 0 Å². The molecule has 80 valence electrons. The van der Waals surface area contributed by atoms with Gasteiger partial charge in [-0.3, -0.25) is 4.79 Å². The second kappa shape index (κ2) is 3.61. The first-order valence-electron chi connectivity index (χ1n) is 4.86. The molecule has 4 heteroatoms. The number of carbonyl (C=O) groups is 1. The Morgan fingerprint density at radius 2 is 2.13 bits per heavy atom. The molecule has 2 rings (SSSR count). The first-order valence-corrected chi connectivity index (χ1v) is 4.86. The van der Waals surface area contributed by atoms with Gasteiger partial charge in [0.05, 0.1) is 5.69 Å². The minimum absolute atomic E-state index is 0.0100. The second-order valence-electron chi connectivity index (χ2n) is 3.84. The van der Waals surface area contributed by atoms with Crippen LogP contribution < -0.4 is 5.32 Å². The maximum atomic E-state index is 13.4. The van der Waals surface area contributed by atoms with Crippen molar-refractivity contribution < 1.29 is 13.6 Å². The maximum absolute atomic E-state index is 13.4. The highest BCUT2D eigenvalue weighted by Crippen LogP contribution is 2.33. The summed E-state index contributed by atoms with van der Waals surface area (Å²) in [6, 6.07) is 2.08. The lowest BCUT2D eigenvalue weighted by atomic mass is 9.96. The minimum atomic E-state index is -0.702. The third-order valence-corrected chi connectivity index (χ3v) is 2.69. The summed E-state index contributed by atoms with van der Waals surface area (Å²) < 4.78 is 26.4. The van der Waals surface area contributed by atoms with Gasteiger partial charge in [0.25, 0.3) is 0 Å². The first-order chi connectivity index (χ1) is 7.08. The predicted molar refractivity (Wildman–Crippen MR) is 52.6 cm³/mol. The van der Waals surface area contributed by atoms with E-state index in [1.165, 1.54) is 6.07 Å². The number of hydrogen-bond donors (Lipinski definition) is 1. The van der Waals surface area contributed by atoms with Gasteiger partial charge in [0.15, 0.2) is 0 Å². The fraction of sp³-hybridized carbons (Fsp3) is 0.364. The number of hydrogen-bond acceptors (Lipinski definition) is 1. The Labute approximate surface area is 86.3 Å². The van der Waals surface area contributed by atoms with E-state index in [0.717, 1.165) is 6.07 Å². The summed E-state index contributed by atoms with van der Waals surface area (Å²) in [5.74, 6) is -1.53. The highest BCUT2D eigenvalue weighted by Gasteiger charge is 2.22. The predicted octanol–water partition coefficient (Wildman–Crippen LogP) is 2.80. The Morgan fingerprint density at radius 1 is 1.40 bits per heavy atom. The van der Waals surface area contributed by atoms with Gasteiger partial charge < -0.3 is 5.32 Å². The average molecular weight is 211 g/mol. The quantitative estimate of drug-likeness (QED) is 0.702. The van der Waals surface area contributed by atoms with E-state index in [-0.39, 0.29) is 17.5 Å². The average Bonchev–Trinajstić information content (AvgIpc) is 2.30. The summed E-state index contributed by atoms with van der Waals surface area (Å²) in [5, 5.41) is 2.47. The summed E-state index contributed by atoms with van der Waals surface area (Å²) in [4.78, 5) is 11.3. The zero-order valence-electron chi connectivity index (χ0n) is 8.31. The number of halogens is 2. The standard InChI is InChI=1S/C11H11F2NO/c1-6-2-3-10(15)14-11-8(6)4-7(12)5-9(11)13/h4-6H,2-3H2,1H3,(H,14,15)/t6-/m0/s1. The molecule has 1 amide bonds. The smallest absolute Gasteiger partial charge is 0.224 e. The summed E-state index contributed by atoms with van der Waals surface area (Å²) in [6.07, 6.45) is 0.957. The molecule has 15 heavy (non-hydrogen) atoms. The molecule has 1 aromatic rings. The van der Waals surface area contributed by atoms with Crippen molar-refractivity contribution in [3.8, 4) is 0 Å². The van der Waals surface area contributed by atoms with E-state index in [1.807, 2.05) is 6.92 Å². The van der Waals surface area contributed by atoms with Crippen LogP contribution in [0.1, 0.15) is 31.2 Å². The Morgan fingerprint density at radius 3 is 2.87 bits per heavy atom.